The van der Waals surface area contributed by atoms with E-state index in [1.54, 1.807) is 25.3 Å². The van der Waals surface area contributed by atoms with Gasteiger partial charge in [-0.05, 0) is 23.8 Å². The third kappa shape index (κ3) is 5.73. The molecule has 126 valence electrons. The molecule has 0 radical (unpaired) electrons. The van der Waals surface area contributed by atoms with Gasteiger partial charge in [0.25, 0.3) is 0 Å². The smallest absolute Gasteiger partial charge is 0.161 e. The first kappa shape index (κ1) is 19.3. The first-order valence-electron chi connectivity index (χ1n) is 7.36. The fourth-order valence-corrected chi connectivity index (χ4v) is 2.03. The van der Waals surface area contributed by atoms with E-state index in [1.807, 2.05) is 18.2 Å². The number of methoxy groups -OCH3 is 1. The van der Waals surface area contributed by atoms with Crippen LogP contribution >= 0.6 is 12.4 Å². The third-order valence-electron chi connectivity index (χ3n) is 3.28. The van der Waals surface area contributed by atoms with Gasteiger partial charge in [0.2, 0.25) is 0 Å². The molecular weight excluding hydrogens is 317 g/mol. The molecule has 0 aliphatic heterocycles. The number of benzene rings is 2. The van der Waals surface area contributed by atoms with E-state index >= 15 is 0 Å². The molecule has 2 rings (SSSR count). The molecule has 0 aromatic heterocycles. The molecule has 0 spiro atoms. The minimum absolute atomic E-state index is 0. The van der Waals surface area contributed by atoms with Gasteiger partial charge in [-0.25, -0.2) is 4.39 Å². The molecule has 23 heavy (non-hydrogen) atoms. The SMILES string of the molecule is COc1cc(CNC(C)C)ccc1OCc1ccccc1F.Cl. The molecular formula is C18H23ClFNO2. The van der Waals surface area contributed by atoms with Crippen LogP contribution < -0.4 is 14.8 Å². The van der Waals surface area contributed by atoms with Gasteiger partial charge >= 0.3 is 0 Å². The van der Waals surface area contributed by atoms with Crippen LogP contribution in [0.15, 0.2) is 42.5 Å². The van der Waals surface area contributed by atoms with Gasteiger partial charge in [0.1, 0.15) is 12.4 Å². The van der Waals surface area contributed by atoms with E-state index in [2.05, 4.69) is 19.2 Å². The van der Waals surface area contributed by atoms with Gasteiger partial charge < -0.3 is 14.8 Å². The Balaban J connectivity index is 0.00000264. The average Bonchev–Trinajstić information content (AvgIpc) is 2.52. The van der Waals surface area contributed by atoms with Crippen LogP contribution in [0.4, 0.5) is 4.39 Å². The van der Waals surface area contributed by atoms with Crippen LogP contribution in [0.2, 0.25) is 0 Å². The van der Waals surface area contributed by atoms with E-state index in [4.69, 9.17) is 9.47 Å². The lowest BCUT2D eigenvalue weighted by atomic mass is 10.2. The molecule has 2 aromatic rings. The van der Waals surface area contributed by atoms with E-state index in [-0.39, 0.29) is 24.8 Å². The molecule has 0 aliphatic carbocycles. The zero-order chi connectivity index (χ0) is 15.9. The van der Waals surface area contributed by atoms with Crippen molar-refractivity contribution in [3.63, 3.8) is 0 Å². The van der Waals surface area contributed by atoms with Gasteiger partial charge in [0.15, 0.2) is 11.5 Å². The van der Waals surface area contributed by atoms with Crippen LogP contribution in [0.3, 0.4) is 0 Å². The summed E-state index contributed by atoms with van der Waals surface area (Å²) in [6.07, 6.45) is 0. The van der Waals surface area contributed by atoms with E-state index in [9.17, 15) is 4.39 Å². The predicted octanol–water partition coefficient (Wildman–Crippen LogP) is 4.33. The number of halogens is 2. The van der Waals surface area contributed by atoms with Gasteiger partial charge in [0.05, 0.1) is 7.11 Å². The highest BCUT2D eigenvalue weighted by Gasteiger charge is 2.08. The summed E-state index contributed by atoms with van der Waals surface area (Å²) in [6, 6.07) is 12.8. The Morgan fingerprint density at radius 2 is 1.83 bits per heavy atom. The normalized spacial score (nSPS) is 10.3. The van der Waals surface area contributed by atoms with E-state index in [1.165, 1.54) is 6.07 Å². The molecule has 1 N–H and O–H groups in total. The number of nitrogens with one attached hydrogen (secondary N) is 1. The second-order valence-electron chi connectivity index (χ2n) is 5.40. The molecule has 5 heteroatoms. The van der Waals surface area contributed by atoms with Crippen molar-refractivity contribution in [1.29, 1.82) is 0 Å². The predicted molar refractivity (Wildman–Crippen MR) is 92.9 cm³/mol. The summed E-state index contributed by atoms with van der Waals surface area (Å²) >= 11 is 0. The average molecular weight is 340 g/mol. The summed E-state index contributed by atoms with van der Waals surface area (Å²) in [4.78, 5) is 0. The van der Waals surface area contributed by atoms with E-state index in [0.717, 1.165) is 12.1 Å². The summed E-state index contributed by atoms with van der Waals surface area (Å²) in [7, 11) is 1.60. The lowest BCUT2D eigenvalue weighted by molar-refractivity contribution is 0.279. The molecule has 0 amide bonds. The second kappa shape index (κ2) is 9.38. The van der Waals surface area contributed by atoms with Crippen molar-refractivity contribution in [2.24, 2.45) is 0 Å². The van der Waals surface area contributed by atoms with Crippen molar-refractivity contribution >= 4 is 12.4 Å². The maximum Gasteiger partial charge on any atom is 0.161 e. The number of ether oxygens (including phenoxy) is 2. The fraction of sp³-hybridized carbons (Fsp3) is 0.333. The third-order valence-corrected chi connectivity index (χ3v) is 3.28. The van der Waals surface area contributed by atoms with Gasteiger partial charge in [0, 0.05) is 18.2 Å². The molecule has 3 nitrogen and oxygen atoms in total. The van der Waals surface area contributed by atoms with Crippen molar-refractivity contribution in [1.82, 2.24) is 5.32 Å². The van der Waals surface area contributed by atoms with Crippen molar-refractivity contribution in [2.75, 3.05) is 7.11 Å². The zero-order valence-electron chi connectivity index (χ0n) is 13.6. The summed E-state index contributed by atoms with van der Waals surface area (Å²) < 4.78 is 24.7. The Hall–Kier alpha value is -1.78. The van der Waals surface area contributed by atoms with Gasteiger partial charge in [-0.3, -0.25) is 0 Å². The lowest BCUT2D eigenvalue weighted by Crippen LogP contribution is -2.21. The molecule has 0 atom stereocenters. The first-order chi connectivity index (χ1) is 10.6. The summed E-state index contributed by atoms with van der Waals surface area (Å²) in [5.41, 5.74) is 1.64. The maximum absolute atomic E-state index is 13.6. The van der Waals surface area contributed by atoms with Crippen molar-refractivity contribution in [3.05, 3.63) is 59.4 Å². The highest BCUT2D eigenvalue weighted by molar-refractivity contribution is 5.85. The quantitative estimate of drug-likeness (QED) is 0.814. The van der Waals surface area contributed by atoms with E-state index in [0.29, 0.717) is 23.1 Å². The summed E-state index contributed by atoms with van der Waals surface area (Å²) in [5.74, 6) is 0.998. The largest absolute Gasteiger partial charge is 0.493 e. The molecule has 0 unspecified atom stereocenters. The second-order valence-corrected chi connectivity index (χ2v) is 5.40. The van der Waals surface area contributed by atoms with Crippen molar-refractivity contribution in [2.45, 2.75) is 33.0 Å². The summed E-state index contributed by atoms with van der Waals surface area (Å²) in [5, 5.41) is 3.35. The topological polar surface area (TPSA) is 30.5 Å². The Morgan fingerprint density at radius 1 is 1.09 bits per heavy atom. The molecule has 0 bridgehead atoms. The highest BCUT2D eigenvalue weighted by Crippen LogP contribution is 2.29. The molecule has 0 saturated carbocycles. The molecule has 2 aromatic carbocycles. The summed E-state index contributed by atoms with van der Waals surface area (Å²) in [6.45, 7) is 5.14. The van der Waals surface area contributed by atoms with Gasteiger partial charge in [-0.2, -0.15) is 0 Å². The first-order valence-corrected chi connectivity index (χ1v) is 7.36. The van der Waals surface area contributed by atoms with Crippen molar-refractivity contribution in [3.8, 4) is 11.5 Å². The number of hydrogen-bond donors (Lipinski definition) is 1. The van der Waals surface area contributed by atoms with Crippen LogP contribution in [0.1, 0.15) is 25.0 Å². The Kier molecular flexibility index (Phi) is 7.86. The molecule has 0 saturated heterocycles. The van der Waals surface area contributed by atoms with Crippen molar-refractivity contribution < 1.29 is 13.9 Å². The fourth-order valence-electron chi connectivity index (χ4n) is 2.03. The monoisotopic (exact) mass is 339 g/mol. The molecule has 0 aliphatic rings. The van der Waals surface area contributed by atoms with Gasteiger partial charge in [-0.15, -0.1) is 12.4 Å². The Labute approximate surface area is 143 Å². The minimum Gasteiger partial charge on any atom is -0.493 e. The highest BCUT2D eigenvalue weighted by atomic mass is 35.5. The standard InChI is InChI=1S/C18H22FNO2.ClH/c1-13(2)20-11-14-8-9-17(18(10-14)21-3)22-12-15-6-4-5-7-16(15)19;/h4-10,13,20H,11-12H2,1-3H3;1H. The Bertz CT molecular complexity index is 620. The number of hydrogen-bond acceptors (Lipinski definition) is 3. The zero-order valence-corrected chi connectivity index (χ0v) is 14.5. The van der Waals surface area contributed by atoms with Crippen LogP contribution in [-0.4, -0.2) is 13.2 Å². The van der Waals surface area contributed by atoms with Crippen LogP contribution in [0, 0.1) is 5.82 Å². The molecule has 0 fully saturated rings. The number of rotatable bonds is 7. The van der Waals surface area contributed by atoms with E-state index < -0.39 is 0 Å². The van der Waals surface area contributed by atoms with Gasteiger partial charge in [-0.1, -0.05) is 38.1 Å². The molecule has 0 heterocycles. The van der Waals surface area contributed by atoms with Crippen LogP contribution in [0.5, 0.6) is 11.5 Å². The Morgan fingerprint density at radius 3 is 2.48 bits per heavy atom. The van der Waals surface area contributed by atoms with Crippen LogP contribution in [-0.2, 0) is 13.2 Å². The lowest BCUT2D eigenvalue weighted by Gasteiger charge is -2.14. The van der Waals surface area contributed by atoms with Crippen LogP contribution in [0.25, 0.3) is 0 Å². The maximum atomic E-state index is 13.6. The minimum atomic E-state index is -0.265.